The maximum atomic E-state index is 13.2. The fourth-order valence-electron chi connectivity index (χ4n) is 1.11. The van der Waals surface area contributed by atoms with E-state index in [9.17, 15) is 9.18 Å². The third-order valence-electron chi connectivity index (χ3n) is 1.86. The van der Waals surface area contributed by atoms with Crippen LogP contribution in [-0.2, 0) is 11.2 Å². The minimum atomic E-state index is -0.904. The van der Waals surface area contributed by atoms with E-state index >= 15 is 0 Å². The molecule has 0 aliphatic rings. The number of hydrogen-bond acceptors (Lipinski definition) is 2. The number of carboxylic acids is 1. The molecule has 0 radical (unpaired) electrons. The van der Waals surface area contributed by atoms with E-state index in [1.807, 2.05) is 6.26 Å². The van der Waals surface area contributed by atoms with E-state index in [1.165, 1.54) is 17.8 Å². The first-order valence-corrected chi connectivity index (χ1v) is 5.40. The molecule has 1 aromatic carbocycles. The molecule has 0 aliphatic carbocycles. The van der Waals surface area contributed by atoms with E-state index in [1.54, 1.807) is 12.1 Å². The monoisotopic (exact) mass is 214 g/mol. The molecule has 0 fully saturated rings. The van der Waals surface area contributed by atoms with Crippen LogP contribution in [0.3, 0.4) is 0 Å². The first-order chi connectivity index (χ1) is 6.63. The van der Waals surface area contributed by atoms with Crippen LogP contribution < -0.4 is 0 Å². The largest absolute Gasteiger partial charge is 0.481 e. The summed E-state index contributed by atoms with van der Waals surface area (Å²) in [6.07, 6.45) is 2.11. The van der Waals surface area contributed by atoms with E-state index in [0.29, 0.717) is 5.56 Å². The number of carbonyl (C=O) groups is 1. The van der Waals surface area contributed by atoms with Crippen LogP contribution >= 0.6 is 11.8 Å². The molecule has 0 heterocycles. The second-order valence-corrected chi connectivity index (χ2v) is 3.73. The highest BCUT2D eigenvalue weighted by Gasteiger charge is 2.05. The number of rotatable bonds is 4. The third-order valence-corrected chi connectivity index (χ3v) is 2.59. The van der Waals surface area contributed by atoms with Gasteiger partial charge in [-0.15, -0.1) is 11.8 Å². The fourth-order valence-corrected chi connectivity index (χ4v) is 1.58. The summed E-state index contributed by atoms with van der Waals surface area (Å²) >= 11 is 1.51. The topological polar surface area (TPSA) is 37.3 Å². The Balaban J connectivity index is 2.78. The summed E-state index contributed by atoms with van der Waals surface area (Å²) in [5.74, 6) is -1.23. The molecule has 0 bridgehead atoms. The zero-order valence-electron chi connectivity index (χ0n) is 7.79. The summed E-state index contributed by atoms with van der Waals surface area (Å²) in [6.45, 7) is 0. The van der Waals surface area contributed by atoms with E-state index in [0.717, 1.165) is 4.90 Å². The van der Waals surface area contributed by atoms with E-state index in [4.69, 9.17) is 5.11 Å². The normalized spacial score (nSPS) is 10.1. The summed E-state index contributed by atoms with van der Waals surface area (Å²) in [5, 5.41) is 8.46. The van der Waals surface area contributed by atoms with Crippen molar-refractivity contribution >= 4 is 17.7 Å². The van der Waals surface area contributed by atoms with Crippen molar-refractivity contribution in [3.8, 4) is 0 Å². The van der Waals surface area contributed by atoms with Crippen molar-refractivity contribution in [1.82, 2.24) is 0 Å². The molecule has 0 unspecified atom stereocenters. The summed E-state index contributed by atoms with van der Waals surface area (Å²) in [5.41, 5.74) is 0.472. The molecule has 76 valence electrons. The molecule has 1 N–H and O–H groups in total. The molecule has 0 aliphatic heterocycles. The molecule has 0 saturated carbocycles. The van der Waals surface area contributed by atoms with Crippen LogP contribution in [0.1, 0.15) is 12.0 Å². The van der Waals surface area contributed by atoms with Gasteiger partial charge in [0.15, 0.2) is 0 Å². The summed E-state index contributed by atoms with van der Waals surface area (Å²) in [4.78, 5) is 11.3. The number of aryl methyl sites for hydroxylation is 1. The molecular weight excluding hydrogens is 203 g/mol. The molecule has 0 spiro atoms. The number of aliphatic carboxylic acids is 1. The number of thioether (sulfide) groups is 1. The maximum absolute atomic E-state index is 13.2. The van der Waals surface area contributed by atoms with Crippen molar-refractivity contribution in [1.29, 1.82) is 0 Å². The van der Waals surface area contributed by atoms with Crippen LogP contribution in [0.5, 0.6) is 0 Å². The van der Waals surface area contributed by atoms with Gasteiger partial charge in [0.05, 0.1) is 0 Å². The molecular formula is C10H11FO2S. The Morgan fingerprint density at radius 2 is 2.29 bits per heavy atom. The molecule has 0 saturated heterocycles. The predicted octanol–water partition coefficient (Wildman–Crippen LogP) is 2.56. The van der Waals surface area contributed by atoms with Crippen LogP contribution in [0.4, 0.5) is 4.39 Å². The lowest BCUT2D eigenvalue weighted by atomic mass is 10.1. The standard InChI is InChI=1S/C10H11FO2S/c1-14-8-3-4-9(11)7(6-8)2-5-10(12)13/h3-4,6H,2,5H2,1H3,(H,12,13). The van der Waals surface area contributed by atoms with E-state index in [-0.39, 0.29) is 18.7 Å². The van der Waals surface area contributed by atoms with Gasteiger partial charge in [0.1, 0.15) is 5.82 Å². The highest BCUT2D eigenvalue weighted by Crippen LogP contribution is 2.19. The van der Waals surface area contributed by atoms with Crippen LogP contribution in [0, 0.1) is 5.82 Å². The highest BCUT2D eigenvalue weighted by atomic mass is 32.2. The maximum Gasteiger partial charge on any atom is 0.303 e. The van der Waals surface area contributed by atoms with Gasteiger partial charge in [-0.2, -0.15) is 0 Å². The van der Waals surface area contributed by atoms with Crippen molar-refractivity contribution in [2.45, 2.75) is 17.7 Å². The Labute approximate surface area is 86.1 Å². The van der Waals surface area contributed by atoms with E-state index < -0.39 is 5.97 Å². The molecule has 4 heteroatoms. The van der Waals surface area contributed by atoms with Gasteiger partial charge >= 0.3 is 5.97 Å². The summed E-state index contributed by atoms with van der Waals surface area (Å²) in [7, 11) is 0. The lowest BCUT2D eigenvalue weighted by molar-refractivity contribution is -0.136. The van der Waals surface area contributed by atoms with Crippen LogP contribution in [0.15, 0.2) is 23.1 Å². The Kier molecular flexibility index (Phi) is 3.95. The molecule has 14 heavy (non-hydrogen) atoms. The van der Waals surface area contributed by atoms with Crippen molar-refractivity contribution in [3.63, 3.8) is 0 Å². The number of carboxylic acid groups (broad SMARTS) is 1. The summed E-state index contributed by atoms with van der Waals surface area (Å²) < 4.78 is 13.2. The minimum Gasteiger partial charge on any atom is -0.481 e. The number of hydrogen-bond donors (Lipinski definition) is 1. The second kappa shape index (κ2) is 5.00. The molecule has 0 amide bonds. The predicted molar refractivity (Wildman–Crippen MR) is 54.1 cm³/mol. The molecule has 0 aromatic heterocycles. The molecule has 1 aromatic rings. The fraction of sp³-hybridized carbons (Fsp3) is 0.300. The van der Waals surface area contributed by atoms with Gasteiger partial charge in [0, 0.05) is 11.3 Å². The Bertz CT molecular complexity index is 339. The van der Waals surface area contributed by atoms with Gasteiger partial charge in [-0.1, -0.05) is 0 Å². The Hall–Kier alpha value is -1.03. The summed E-state index contributed by atoms with van der Waals surface area (Å²) in [6, 6.07) is 4.76. The number of benzene rings is 1. The quantitative estimate of drug-likeness (QED) is 0.783. The lowest BCUT2D eigenvalue weighted by Gasteiger charge is -2.03. The zero-order valence-corrected chi connectivity index (χ0v) is 8.60. The third kappa shape index (κ3) is 3.03. The van der Waals surface area contributed by atoms with Crippen molar-refractivity contribution in [3.05, 3.63) is 29.6 Å². The minimum absolute atomic E-state index is 0.0330. The van der Waals surface area contributed by atoms with Gasteiger partial charge < -0.3 is 5.11 Å². The van der Waals surface area contributed by atoms with Gasteiger partial charge in [-0.25, -0.2) is 4.39 Å². The highest BCUT2D eigenvalue weighted by molar-refractivity contribution is 7.98. The van der Waals surface area contributed by atoms with Crippen molar-refractivity contribution in [2.75, 3.05) is 6.26 Å². The first kappa shape index (κ1) is 11.0. The molecule has 2 nitrogen and oxygen atoms in total. The number of halogens is 1. The molecule has 1 rings (SSSR count). The van der Waals surface area contributed by atoms with Crippen molar-refractivity contribution < 1.29 is 14.3 Å². The van der Waals surface area contributed by atoms with Crippen molar-refractivity contribution in [2.24, 2.45) is 0 Å². The molecule has 0 atom stereocenters. The van der Waals surface area contributed by atoms with Gasteiger partial charge in [0.2, 0.25) is 0 Å². The van der Waals surface area contributed by atoms with E-state index in [2.05, 4.69) is 0 Å². The van der Waals surface area contributed by atoms with Gasteiger partial charge in [-0.3, -0.25) is 4.79 Å². The SMILES string of the molecule is CSc1ccc(F)c(CCC(=O)O)c1. The van der Waals surface area contributed by atoms with Crippen LogP contribution in [0.25, 0.3) is 0 Å². The lowest BCUT2D eigenvalue weighted by Crippen LogP contribution is -1.99. The van der Waals surface area contributed by atoms with Gasteiger partial charge in [0.25, 0.3) is 0 Å². The average Bonchev–Trinajstić information content (AvgIpc) is 2.16. The Morgan fingerprint density at radius 3 is 2.86 bits per heavy atom. The smallest absolute Gasteiger partial charge is 0.303 e. The Morgan fingerprint density at radius 1 is 1.57 bits per heavy atom. The average molecular weight is 214 g/mol. The van der Waals surface area contributed by atoms with Crippen LogP contribution in [0.2, 0.25) is 0 Å². The van der Waals surface area contributed by atoms with Gasteiger partial charge in [-0.05, 0) is 36.4 Å². The zero-order chi connectivity index (χ0) is 10.6. The first-order valence-electron chi connectivity index (χ1n) is 4.17. The van der Waals surface area contributed by atoms with Crippen LogP contribution in [-0.4, -0.2) is 17.3 Å². The second-order valence-electron chi connectivity index (χ2n) is 2.85.